The van der Waals surface area contributed by atoms with Crippen molar-refractivity contribution in [3.05, 3.63) is 105 Å². The molecule has 0 fully saturated rings. The van der Waals surface area contributed by atoms with Gasteiger partial charge in [0.05, 0.1) is 15.6 Å². The Bertz CT molecular complexity index is 1420. The number of nitrogens with one attached hydrogen (secondary N) is 1. The molecule has 0 aliphatic carbocycles. The number of halogens is 3. The van der Waals surface area contributed by atoms with Crippen LogP contribution in [0.15, 0.2) is 72.9 Å². The van der Waals surface area contributed by atoms with Gasteiger partial charge in [0, 0.05) is 36.2 Å². The molecule has 0 aliphatic heterocycles. The van der Waals surface area contributed by atoms with E-state index in [0.29, 0.717) is 23.0 Å². The lowest BCUT2D eigenvalue weighted by Gasteiger charge is -2.30. The summed E-state index contributed by atoms with van der Waals surface area (Å²) in [5.74, 6) is -1.38. The summed E-state index contributed by atoms with van der Waals surface area (Å²) in [5, 5.41) is 1.94. The molecule has 0 saturated carbocycles. The Morgan fingerprint density at radius 1 is 0.973 bits per heavy atom. The number of aromatic amines is 1. The molecule has 0 spiro atoms. The summed E-state index contributed by atoms with van der Waals surface area (Å²) >= 11 is 12.3. The van der Waals surface area contributed by atoms with Crippen LogP contribution in [-0.2, 0) is 17.8 Å². The number of hydrogen-bond acceptors (Lipinski definition) is 2. The Morgan fingerprint density at radius 3 is 2.43 bits per heavy atom. The van der Waals surface area contributed by atoms with E-state index < -0.39 is 11.7 Å². The molecular formula is C29H28Cl2FN3O2. The number of fused-ring (bicyclic) bond motifs is 1. The molecule has 0 aliphatic rings. The Hall–Kier alpha value is -3.35. The summed E-state index contributed by atoms with van der Waals surface area (Å²) in [5.41, 5.74) is 2.88. The number of amides is 2. The second-order valence-corrected chi connectivity index (χ2v) is 9.99. The lowest BCUT2D eigenvalue weighted by molar-refractivity contribution is -0.132. The van der Waals surface area contributed by atoms with Crippen molar-refractivity contribution in [1.29, 1.82) is 0 Å². The van der Waals surface area contributed by atoms with Crippen molar-refractivity contribution in [2.75, 3.05) is 13.1 Å². The van der Waals surface area contributed by atoms with Crippen molar-refractivity contribution >= 4 is 45.9 Å². The fraction of sp³-hybridized carbons (Fsp3) is 0.241. The normalized spacial score (nSPS) is 11.2. The van der Waals surface area contributed by atoms with Crippen LogP contribution in [0.5, 0.6) is 0 Å². The average Bonchev–Trinajstić information content (AvgIpc) is 3.30. The number of carbonyl (C=O) groups is 2. The fourth-order valence-electron chi connectivity index (χ4n) is 4.27. The zero-order chi connectivity index (χ0) is 26.5. The van der Waals surface area contributed by atoms with Crippen LogP contribution in [0, 0.1) is 5.82 Å². The molecule has 1 N–H and O–H groups in total. The molecule has 0 radical (unpaired) electrons. The predicted molar refractivity (Wildman–Crippen MR) is 146 cm³/mol. The van der Waals surface area contributed by atoms with Crippen LogP contribution in [0.3, 0.4) is 0 Å². The third-order valence-corrected chi connectivity index (χ3v) is 7.07. The number of aromatic nitrogens is 1. The summed E-state index contributed by atoms with van der Waals surface area (Å²) < 4.78 is 14.4. The summed E-state index contributed by atoms with van der Waals surface area (Å²) in [6.07, 6.45) is 2.56. The third-order valence-electron chi connectivity index (χ3n) is 6.33. The zero-order valence-corrected chi connectivity index (χ0v) is 22.2. The number of H-pyrrole nitrogens is 1. The molecule has 0 atom stereocenters. The topological polar surface area (TPSA) is 56.4 Å². The summed E-state index contributed by atoms with van der Waals surface area (Å²) in [6.45, 7) is 4.14. The maximum Gasteiger partial charge on any atom is 0.257 e. The highest BCUT2D eigenvalue weighted by Crippen LogP contribution is 2.24. The van der Waals surface area contributed by atoms with E-state index in [2.05, 4.69) is 4.98 Å². The van der Waals surface area contributed by atoms with Crippen molar-refractivity contribution < 1.29 is 14.0 Å². The first-order valence-electron chi connectivity index (χ1n) is 12.1. The van der Waals surface area contributed by atoms with Crippen LogP contribution in [0.2, 0.25) is 10.0 Å². The number of benzene rings is 3. The quantitative estimate of drug-likeness (QED) is 0.256. The minimum Gasteiger partial charge on any atom is -0.361 e. The van der Waals surface area contributed by atoms with E-state index >= 15 is 0 Å². The van der Waals surface area contributed by atoms with Gasteiger partial charge in [-0.1, -0.05) is 59.6 Å². The molecule has 4 aromatic rings. The molecule has 37 heavy (non-hydrogen) atoms. The van der Waals surface area contributed by atoms with Gasteiger partial charge >= 0.3 is 0 Å². The van der Waals surface area contributed by atoms with Gasteiger partial charge in [-0.05, 0) is 61.7 Å². The molecule has 0 unspecified atom stereocenters. The maximum absolute atomic E-state index is 14.4. The van der Waals surface area contributed by atoms with Crippen LogP contribution in [-0.4, -0.2) is 45.7 Å². The van der Waals surface area contributed by atoms with Gasteiger partial charge in [-0.2, -0.15) is 0 Å². The minimum atomic E-state index is -0.613. The van der Waals surface area contributed by atoms with Crippen LogP contribution in [0.4, 0.5) is 4.39 Å². The molecule has 5 nitrogen and oxygen atoms in total. The van der Waals surface area contributed by atoms with E-state index in [1.54, 1.807) is 36.9 Å². The number of nitrogens with zero attached hydrogens (tertiary/aromatic N) is 2. The highest BCUT2D eigenvalue weighted by atomic mass is 35.5. The Kier molecular flexibility index (Phi) is 8.52. The number of carbonyl (C=O) groups excluding carboxylic acids is 2. The van der Waals surface area contributed by atoms with E-state index in [1.807, 2.05) is 36.5 Å². The van der Waals surface area contributed by atoms with Crippen molar-refractivity contribution in [3.63, 3.8) is 0 Å². The first-order chi connectivity index (χ1) is 17.7. The van der Waals surface area contributed by atoms with E-state index in [0.717, 1.165) is 22.0 Å². The SMILES string of the molecule is CC(C)N(CC(=O)N(CCc1c[nH]c2ccccc12)Cc1ccc(Cl)c(Cl)c1)C(=O)c1ccccc1F. The van der Waals surface area contributed by atoms with E-state index in [-0.39, 0.29) is 30.6 Å². The van der Waals surface area contributed by atoms with Crippen molar-refractivity contribution in [1.82, 2.24) is 14.8 Å². The van der Waals surface area contributed by atoms with Gasteiger partial charge in [0.25, 0.3) is 5.91 Å². The lowest BCUT2D eigenvalue weighted by atomic mass is 10.1. The lowest BCUT2D eigenvalue weighted by Crippen LogP contribution is -2.46. The van der Waals surface area contributed by atoms with Crippen molar-refractivity contribution in [3.8, 4) is 0 Å². The van der Waals surface area contributed by atoms with Crippen LogP contribution >= 0.6 is 23.2 Å². The van der Waals surface area contributed by atoms with Crippen molar-refractivity contribution in [2.45, 2.75) is 32.9 Å². The van der Waals surface area contributed by atoms with Crippen LogP contribution in [0.25, 0.3) is 10.9 Å². The van der Waals surface area contributed by atoms with Gasteiger partial charge in [0.2, 0.25) is 5.91 Å². The Morgan fingerprint density at radius 2 is 1.70 bits per heavy atom. The van der Waals surface area contributed by atoms with E-state index in [9.17, 15) is 14.0 Å². The Labute approximate surface area is 225 Å². The van der Waals surface area contributed by atoms with Crippen LogP contribution in [0.1, 0.15) is 35.3 Å². The second-order valence-electron chi connectivity index (χ2n) is 9.18. The summed E-state index contributed by atoms with van der Waals surface area (Å²) in [6, 6.07) is 18.8. The van der Waals surface area contributed by atoms with Crippen molar-refractivity contribution in [2.24, 2.45) is 0 Å². The molecule has 192 valence electrons. The minimum absolute atomic E-state index is 0.0566. The molecule has 1 aromatic heterocycles. The summed E-state index contributed by atoms with van der Waals surface area (Å²) in [7, 11) is 0. The Balaban J connectivity index is 1.57. The predicted octanol–water partition coefficient (Wildman–Crippen LogP) is 6.74. The standard InChI is InChI=1S/C29H28Cl2FN3O2/c1-19(2)35(29(37)23-8-3-5-9-26(23)32)18-28(36)34(17-20-11-12-24(30)25(31)15-20)14-13-21-16-33-27-10-6-4-7-22(21)27/h3-12,15-16,19,33H,13-14,17-18H2,1-2H3. The molecule has 4 rings (SSSR count). The smallest absolute Gasteiger partial charge is 0.257 e. The van der Waals surface area contributed by atoms with Gasteiger partial charge in [-0.3, -0.25) is 9.59 Å². The second kappa shape index (κ2) is 11.8. The third kappa shape index (κ3) is 6.32. The van der Waals surface area contributed by atoms with Gasteiger partial charge in [-0.25, -0.2) is 4.39 Å². The first-order valence-corrected chi connectivity index (χ1v) is 12.8. The molecule has 8 heteroatoms. The highest BCUT2D eigenvalue weighted by Gasteiger charge is 2.26. The van der Waals surface area contributed by atoms with Gasteiger partial charge < -0.3 is 14.8 Å². The average molecular weight is 540 g/mol. The molecule has 2 amide bonds. The van der Waals surface area contributed by atoms with Gasteiger partial charge in [-0.15, -0.1) is 0 Å². The molecule has 0 saturated heterocycles. The number of para-hydroxylation sites is 1. The zero-order valence-electron chi connectivity index (χ0n) is 20.7. The van der Waals surface area contributed by atoms with Gasteiger partial charge in [0.1, 0.15) is 12.4 Å². The summed E-state index contributed by atoms with van der Waals surface area (Å²) in [4.78, 5) is 33.2. The van der Waals surface area contributed by atoms with E-state index in [4.69, 9.17) is 23.2 Å². The molecular weight excluding hydrogens is 512 g/mol. The number of hydrogen-bond donors (Lipinski definition) is 1. The fourth-order valence-corrected chi connectivity index (χ4v) is 4.59. The maximum atomic E-state index is 14.4. The van der Waals surface area contributed by atoms with E-state index in [1.165, 1.54) is 23.1 Å². The molecule has 3 aromatic carbocycles. The highest BCUT2D eigenvalue weighted by molar-refractivity contribution is 6.42. The van der Waals surface area contributed by atoms with Crippen LogP contribution < -0.4 is 0 Å². The molecule has 0 bridgehead atoms. The van der Waals surface area contributed by atoms with Gasteiger partial charge in [0.15, 0.2) is 0 Å². The number of rotatable bonds is 9. The largest absolute Gasteiger partial charge is 0.361 e. The first kappa shape index (κ1) is 26.7. The monoisotopic (exact) mass is 539 g/mol. The molecule has 1 heterocycles.